The molecule has 1 heterocycles. The number of nitrogens with one attached hydrogen (secondary N) is 1. The van der Waals surface area contributed by atoms with Crippen LogP contribution in [0, 0.1) is 5.82 Å². The fraction of sp³-hybridized carbons (Fsp3) is 0.118. The molecule has 0 fully saturated rings. The molecule has 1 amide bonds. The lowest BCUT2D eigenvalue weighted by atomic mass is 10.2. The number of nitrogens with zero attached hydrogens (tertiary/aromatic N) is 2. The Kier molecular flexibility index (Phi) is 5.40. The van der Waals surface area contributed by atoms with Gasteiger partial charge < -0.3 is 4.74 Å². The number of hydrogen-bond donors (Lipinski definition) is 1. The summed E-state index contributed by atoms with van der Waals surface area (Å²) in [5, 5.41) is 3.06. The zero-order valence-corrected chi connectivity index (χ0v) is 15.5. The Hall–Kier alpha value is -2.32. The molecule has 2 aromatic carbocycles. The molecule has 8 heteroatoms. The highest BCUT2D eigenvalue weighted by atomic mass is 79.9. The smallest absolute Gasteiger partial charge is 0.266 e. The number of carbonyl (C=O) groups is 1. The maximum Gasteiger partial charge on any atom is 0.266 e. The number of benzene rings is 2. The molecular weight excluding hydrogens is 409 g/mol. The van der Waals surface area contributed by atoms with Crippen molar-refractivity contribution < 1.29 is 13.9 Å². The molecule has 128 valence electrons. The third-order valence-corrected chi connectivity index (χ3v) is 4.41. The van der Waals surface area contributed by atoms with Crippen molar-refractivity contribution in [1.82, 2.24) is 9.36 Å². The van der Waals surface area contributed by atoms with E-state index in [1.165, 1.54) is 24.3 Å². The molecule has 5 nitrogen and oxygen atoms in total. The minimum absolute atomic E-state index is 0.358. The van der Waals surface area contributed by atoms with Gasteiger partial charge in [0, 0.05) is 21.6 Å². The summed E-state index contributed by atoms with van der Waals surface area (Å²) in [4.78, 5) is 16.5. The van der Waals surface area contributed by atoms with E-state index in [0.29, 0.717) is 16.7 Å². The van der Waals surface area contributed by atoms with Gasteiger partial charge in [-0.15, -0.1) is 0 Å². The molecule has 0 spiro atoms. The molecule has 1 aromatic heterocycles. The van der Waals surface area contributed by atoms with E-state index >= 15 is 0 Å². The summed E-state index contributed by atoms with van der Waals surface area (Å²) >= 11 is 4.47. The normalized spacial score (nSPS) is 11.8. The number of ether oxygens (including phenoxy) is 1. The summed E-state index contributed by atoms with van der Waals surface area (Å²) in [5.41, 5.74) is 0.857. The topological polar surface area (TPSA) is 64.1 Å². The number of anilines is 1. The molecule has 0 aliphatic heterocycles. The summed E-state index contributed by atoms with van der Waals surface area (Å²) in [7, 11) is 0. The Morgan fingerprint density at radius 2 is 1.88 bits per heavy atom. The number of amides is 1. The van der Waals surface area contributed by atoms with Crippen LogP contribution in [0.15, 0.2) is 53.0 Å². The first kappa shape index (κ1) is 17.5. The maximum atomic E-state index is 12.9. The lowest BCUT2D eigenvalue weighted by Gasteiger charge is -2.13. The third kappa shape index (κ3) is 4.61. The first-order valence-electron chi connectivity index (χ1n) is 7.34. The second kappa shape index (κ2) is 7.71. The fourth-order valence-electron chi connectivity index (χ4n) is 1.97. The largest absolute Gasteiger partial charge is 0.481 e. The first-order chi connectivity index (χ1) is 12.0. The SMILES string of the molecule is CC(Oc1ccc(F)cc1)C(=O)Nc1nc(-c2ccc(Br)cc2)ns1. The predicted molar refractivity (Wildman–Crippen MR) is 98.2 cm³/mol. The summed E-state index contributed by atoms with van der Waals surface area (Å²) in [6, 6.07) is 13.0. The van der Waals surface area contributed by atoms with E-state index in [9.17, 15) is 9.18 Å². The Labute approximate surface area is 156 Å². The predicted octanol–water partition coefficient (Wildman–Crippen LogP) is 4.51. The van der Waals surface area contributed by atoms with Gasteiger partial charge in [-0.2, -0.15) is 9.36 Å². The van der Waals surface area contributed by atoms with Crippen LogP contribution in [0.3, 0.4) is 0 Å². The van der Waals surface area contributed by atoms with E-state index in [2.05, 4.69) is 30.6 Å². The Morgan fingerprint density at radius 3 is 2.56 bits per heavy atom. The molecule has 1 N–H and O–H groups in total. The average molecular weight is 422 g/mol. The fourth-order valence-corrected chi connectivity index (χ4v) is 2.83. The lowest BCUT2D eigenvalue weighted by Crippen LogP contribution is -2.30. The van der Waals surface area contributed by atoms with Crippen molar-refractivity contribution in [1.29, 1.82) is 0 Å². The van der Waals surface area contributed by atoms with Crippen LogP contribution in [0.25, 0.3) is 11.4 Å². The second-order valence-electron chi connectivity index (χ2n) is 5.13. The molecule has 1 unspecified atom stereocenters. The van der Waals surface area contributed by atoms with Crippen molar-refractivity contribution in [3.63, 3.8) is 0 Å². The summed E-state index contributed by atoms with van der Waals surface area (Å²) in [6.07, 6.45) is -0.759. The standard InChI is InChI=1S/C17H13BrFN3O2S/c1-10(24-14-8-6-13(19)7-9-14)16(23)21-17-20-15(22-25-17)11-2-4-12(18)5-3-11/h2-10H,1H3,(H,20,21,22,23). The Balaban J connectivity index is 1.62. The molecule has 0 saturated heterocycles. The van der Waals surface area contributed by atoms with E-state index in [-0.39, 0.29) is 11.7 Å². The van der Waals surface area contributed by atoms with E-state index in [1.807, 2.05) is 24.3 Å². The number of halogens is 2. The highest BCUT2D eigenvalue weighted by Crippen LogP contribution is 2.23. The van der Waals surface area contributed by atoms with Gasteiger partial charge in [-0.1, -0.05) is 28.1 Å². The van der Waals surface area contributed by atoms with Gasteiger partial charge in [-0.3, -0.25) is 10.1 Å². The van der Waals surface area contributed by atoms with Gasteiger partial charge in [0.25, 0.3) is 5.91 Å². The minimum Gasteiger partial charge on any atom is -0.481 e. The van der Waals surface area contributed by atoms with Crippen LogP contribution in [-0.4, -0.2) is 21.4 Å². The van der Waals surface area contributed by atoms with Gasteiger partial charge in [0.05, 0.1) is 0 Å². The molecule has 25 heavy (non-hydrogen) atoms. The van der Waals surface area contributed by atoms with Crippen molar-refractivity contribution in [3.05, 3.63) is 58.8 Å². The molecule has 1 atom stereocenters. The van der Waals surface area contributed by atoms with Crippen LogP contribution in [0.1, 0.15) is 6.92 Å². The molecular formula is C17H13BrFN3O2S. The van der Waals surface area contributed by atoms with Gasteiger partial charge in [-0.25, -0.2) is 4.39 Å². The highest BCUT2D eigenvalue weighted by Gasteiger charge is 2.17. The summed E-state index contributed by atoms with van der Waals surface area (Å²) < 4.78 is 23.6. The van der Waals surface area contributed by atoms with Crippen molar-refractivity contribution in [3.8, 4) is 17.1 Å². The second-order valence-corrected chi connectivity index (χ2v) is 6.80. The van der Waals surface area contributed by atoms with Crippen LogP contribution in [0.5, 0.6) is 5.75 Å². The van der Waals surface area contributed by atoms with Gasteiger partial charge in [0.15, 0.2) is 11.9 Å². The molecule has 3 rings (SSSR count). The van der Waals surface area contributed by atoms with E-state index < -0.39 is 6.10 Å². The zero-order valence-electron chi connectivity index (χ0n) is 13.1. The Bertz CT molecular complexity index is 868. The zero-order chi connectivity index (χ0) is 17.8. The number of rotatable bonds is 5. The number of carbonyl (C=O) groups excluding carboxylic acids is 1. The summed E-state index contributed by atoms with van der Waals surface area (Å²) in [5.74, 6) is 0.235. The van der Waals surface area contributed by atoms with E-state index in [1.54, 1.807) is 6.92 Å². The monoisotopic (exact) mass is 421 g/mol. The minimum atomic E-state index is -0.759. The third-order valence-electron chi connectivity index (χ3n) is 3.25. The number of hydrogen-bond acceptors (Lipinski definition) is 5. The first-order valence-corrected chi connectivity index (χ1v) is 8.90. The Morgan fingerprint density at radius 1 is 1.20 bits per heavy atom. The summed E-state index contributed by atoms with van der Waals surface area (Å²) in [6.45, 7) is 1.61. The van der Waals surface area contributed by atoms with Crippen LogP contribution in [0.4, 0.5) is 9.52 Å². The van der Waals surface area contributed by atoms with Crippen LogP contribution in [-0.2, 0) is 4.79 Å². The van der Waals surface area contributed by atoms with Crippen LogP contribution in [0.2, 0.25) is 0 Å². The van der Waals surface area contributed by atoms with Crippen molar-refractivity contribution in [2.75, 3.05) is 5.32 Å². The van der Waals surface area contributed by atoms with Gasteiger partial charge in [0.2, 0.25) is 5.13 Å². The molecule has 0 aliphatic carbocycles. The van der Waals surface area contributed by atoms with Crippen LogP contribution < -0.4 is 10.1 Å². The highest BCUT2D eigenvalue weighted by molar-refractivity contribution is 9.10. The van der Waals surface area contributed by atoms with Gasteiger partial charge in [-0.05, 0) is 43.3 Å². The lowest BCUT2D eigenvalue weighted by molar-refractivity contribution is -0.122. The molecule has 0 radical (unpaired) electrons. The number of aromatic nitrogens is 2. The van der Waals surface area contributed by atoms with Crippen molar-refractivity contribution in [2.24, 2.45) is 0 Å². The van der Waals surface area contributed by atoms with Crippen molar-refractivity contribution >= 4 is 38.5 Å². The average Bonchev–Trinajstić information content (AvgIpc) is 3.06. The van der Waals surface area contributed by atoms with Gasteiger partial charge >= 0.3 is 0 Å². The van der Waals surface area contributed by atoms with E-state index in [4.69, 9.17) is 4.74 Å². The van der Waals surface area contributed by atoms with E-state index in [0.717, 1.165) is 21.6 Å². The molecule has 3 aromatic rings. The molecule has 0 aliphatic rings. The maximum absolute atomic E-state index is 12.9. The molecule has 0 bridgehead atoms. The van der Waals surface area contributed by atoms with Gasteiger partial charge in [0.1, 0.15) is 11.6 Å². The molecule has 0 saturated carbocycles. The van der Waals surface area contributed by atoms with Crippen LogP contribution >= 0.6 is 27.5 Å². The quantitative estimate of drug-likeness (QED) is 0.657. The van der Waals surface area contributed by atoms with Crippen molar-refractivity contribution in [2.45, 2.75) is 13.0 Å².